The van der Waals surface area contributed by atoms with Gasteiger partial charge in [0.05, 0.1) is 16.7 Å². The van der Waals surface area contributed by atoms with Crippen LogP contribution in [0.1, 0.15) is 0 Å². The van der Waals surface area contributed by atoms with Gasteiger partial charge in [0.2, 0.25) is 0 Å². The van der Waals surface area contributed by atoms with Crippen molar-refractivity contribution in [2.75, 3.05) is 0 Å². The number of nitrogens with one attached hydrogen (secondary N) is 1. The Morgan fingerprint density at radius 3 is 2.35 bits per heavy atom. The van der Waals surface area contributed by atoms with Crippen LogP contribution in [0.2, 0.25) is 0 Å². The van der Waals surface area contributed by atoms with Crippen LogP contribution in [0.4, 0.5) is 0 Å². The molecule has 2 heteroatoms. The van der Waals surface area contributed by atoms with Gasteiger partial charge in [-0.2, -0.15) is 0 Å². The summed E-state index contributed by atoms with van der Waals surface area (Å²) in [5, 5.41) is 5.02. The van der Waals surface area contributed by atoms with Crippen LogP contribution in [-0.2, 0) is 0 Å². The zero-order chi connectivity index (χ0) is 15.2. The molecule has 0 spiro atoms. The van der Waals surface area contributed by atoms with Crippen molar-refractivity contribution in [2.45, 2.75) is 0 Å². The monoisotopic (exact) mass is 294 g/mol. The molecule has 0 bridgehead atoms. The molecule has 0 aliphatic carbocycles. The second kappa shape index (κ2) is 4.68. The van der Waals surface area contributed by atoms with Crippen LogP contribution in [0.3, 0.4) is 0 Å². The Bertz CT molecular complexity index is 1150. The SMILES string of the molecule is c1ccc(-c2cccc3c2[nH]c2c4ccccc4ccc32)nc1. The van der Waals surface area contributed by atoms with Crippen LogP contribution in [0.5, 0.6) is 0 Å². The fraction of sp³-hybridized carbons (Fsp3) is 0. The molecule has 0 saturated heterocycles. The lowest BCUT2D eigenvalue weighted by Crippen LogP contribution is -1.83. The summed E-state index contributed by atoms with van der Waals surface area (Å²) in [4.78, 5) is 8.16. The molecule has 2 heterocycles. The van der Waals surface area contributed by atoms with Crippen molar-refractivity contribution in [3.05, 3.63) is 79.0 Å². The minimum Gasteiger partial charge on any atom is -0.353 e. The summed E-state index contributed by atoms with van der Waals surface area (Å²) in [6, 6.07) is 25.3. The Kier molecular flexibility index (Phi) is 2.53. The van der Waals surface area contributed by atoms with Gasteiger partial charge in [-0.15, -0.1) is 0 Å². The number of rotatable bonds is 1. The predicted molar refractivity (Wildman–Crippen MR) is 96.5 cm³/mol. The molecule has 23 heavy (non-hydrogen) atoms. The topological polar surface area (TPSA) is 28.7 Å². The van der Waals surface area contributed by atoms with Gasteiger partial charge in [0.25, 0.3) is 0 Å². The molecule has 1 N–H and O–H groups in total. The van der Waals surface area contributed by atoms with Crippen LogP contribution < -0.4 is 0 Å². The number of hydrogen-bond donors (Lipinski definition) is 1. The zero-order valence-corrected chi connectivity index (χ0v) is 12.5. The van der Waals surface area contributed by atoms with E-state index in [0.717, 1.165) is 16.8 Å². The third kappa shape index (κ3) is 1.78. The Balaban J connectivity index is 1.95. The van der Waals surface area contributed by atoms with Crippen molar-refractivity contribution in [3.63, 3.8) is 0 Å². The summed E-state index contributed by atoms with van der Waals surface area (Å²) in [7, 11) is 0. The fourth-order valence-corrected chi connectivity index (χ4v) is 3.40. The lowest BCUT2D eigenvalue weighted by atomic mass is 10.0. The van der Waals surface area contributed by atoms with E-state index >= 15 is 0 Å². The third-order valence-corrected chi connectivity index (χ3v) is 4.47. The van der Waals surface area contributed by atoms with E-state index < -0.39 is 0 Å². The minimum absolute atomic E-state index is 0.994. The van der Waals surface area contributed by atoms with E-state index in [9.17, 15) is 0 Å². The van der Waals surface area contributed by atoms with Crippen LogP contribution in [-0.4, -0.2) is 9.97 Å². The smallest absolute Gasteiger partial charge is 0.0723 e. The Morgan fingerprint density at radius 1 is 0.609 bits per heavy atom. The van der Waals surface area contributed by atoms with Gasteiger partial charge >= 0.3 is 0 Å². The number of benzene rings is 3. The van der Waals surface area contributed by atoms with Gasteiger partial charge in [-0.05, 0) is 17.5 Å². The molecular weight excluding hydrogens is 280 g/mol. The summed E-state index contributed by atoms with van der Waals surface area (Å²) in [6.45, 7) is 0. The minimum atomic E-state index is 0.994. The van der Waals surface area contributed by atoms with Gasteiger partial charge in [0.15, 0.2) is 0 Å². The average Bonchev–Trinajstić information content (AvgIpc) is 3.01. The number of nitrogens with zero attached hydrogens (tertiary/aromatic N) is 1. The largest absolute Gasteiger partial charge is 0.353 e. The molecule has 0 saturated carbocycles. The molecule has 2 aromatic heterocycles. The molecule has 0 aliphatic rings. The number of pyridine rings is 1. The lowest BCUT2D eigenvalue weighted by Gasteiger charge is -2.02. The third-order valence-electron chi connectivity index (χ3n) is 4.47. The molecule has 0 fully saturated rings. The van der Waals surface area contributed by atoms with Crippen LogP contribution in [0.25, 0.3) is 43.8 Å². The van der Waals surface area contributed by atoms with E-state index in [4.69, 9.17) is 0 Å². The first-order chi connectivity index (χ1) is 11.4. The first-order valence-corrected chi connectivity index (χ1v) is 7.75. The van der Waals surface area contributed by atoms with E-state index in [1.54, 1.807) is 0 Å². The summed E-state index contributed by atoms with van der Waals surface area (Å²) < 4.78 is 0. The van der Waals surface area contributed by atoms with Crippen molar-refractivity contribution in [1.82, 2.24) is 9.97 Å². The first kappa shape index (κ1) is 12.4. The molecule has 0 aliphatic heterocycles. The molecule has 0 unspecified atom stereocenters. The Labute approximate surface area is 133 Å². The Morgan fingerprint density at radius 2 is 1.43 bits per heavy atom. The molecule has 0 radical (unpaired) electrons. The van der Waals surface area contributed by atoms with Gasteiger partial charge < -0.3 is 4.98 Å². The molecular formula is C21H14N2. The maximum Gasteiger partial charge on any atom is 0.0723 e. The predicted octanol–water partition coefficient (Wildman–Crippen LogP) is 5.54. The maximum atomic E-state index is 4.51. The van der Waals surface area contributed by atoms with Gasteiger partial charge in [-0.25, -0.2) is 0 Å². The summed E-state index contributed by atoms with van der Waals surface area (Å²) in [5.74, 6) is 0. The normalized spacial score (nSPS) is 11.5. The van der Waals surface area contributed by atoms with Gasteiger partial charge in [-0.1, -0.05) is 60.7 Å². The van der Waals surface area contributed by atoms with Crippen molar-refractivity contribution in [3.8, 4) is 11.3 Å². The van der Waals surface area contributed by atoms with Crippen molar-refractivity contribution in [2.24, 2.45) is 0 Å². The highest BCUT2D eigenvalue weighted by Crippen LogP contribution is 2.35. The summed E-state index contributed by atoms with van der Waals surface area (Å²) >= 11 is 0. The summed E-state index contributed by atoms with van der Waals surface area (Å²) in [5.41, 5.74) is 4.48. The molecule has 0 atom stereocenters. The van der Waals surface area contributed by atoms with Gasteiger partial charge in [0.1, 0.15) is 0 Å². The van der Waals surface area contributed by atoms with Crippen LogP contribution >= 0.6 is 0 Å². The molecule has 0 amide bonds. The number of aromatic amines is 1. The first-order valence-electron chi connectivity index (χ1n) is 7.75. The molecule has 2 nitrogen and oxygen atoms in total. The number of para-hydroxylation sites is 1. The van der Waals surface area contributed by atoms with E-state index in [2.05, 4.69) is 70.6 Å². The zero-order valence-electron chi connectivity index (χ0n) is 12.5. The number of H-pyrrole nitrogens is 1. The van der Waals surface area contributed by atoms with E-state index in [1.807, 2.05) is 18.3 Å². The van der Waals surface area contributed by atoms with E-state index in [0.29, 0.717) is 0 Å². The van der Waals surface area contributed by atoms with Gasteiger partial charge in [0, 0.05) is 27.9 Å². The quantitative estimate of drug-likeness (QED) is 0.432. The van der Waals surface area contributed by atoms with E-state index in [1.165, 1.54) is 27.1 Å². The van der Waals surface area contributed by atoms with Crippen molar-refractivity contribution >= 4 is 32.6 Å². The second-order valence-corrected chi connectivity index (χ2v) is 5.78. The maximum absolute atomic E-state index is 4.51. The van der Waals surface area contributed by atoms with Gasteiger partial charge in [-0.3, -0.25) is 4.98 Å². The second-order valence-electron chi connectivity index (χ2n) is 5.78. The molecule has 5 aromatic rings. The fourth-order valence-electron chi connectivity index (χ4n) is 3.40. The van der Waals surface area contributed by atoms with E-state index in [-0.39, 0.29) is 0 Å². The molecule has 5 rings (SSSR count). The van der Waals surface area contributed by atoms with Crippen molar-refractivity contribution in [1.29, 1.82) is 0 Å². The highest BCUT2D eigenvalue weighted by atomic mass is 14.7. The number of aromatic nitrogens is 2. The van der Waals surface area contributed by atoms with Crippen LogP contribution in [0.15, 0.2) is 79.0 Å². The summed E-state index contributed by atoms with van der Waals surface area (Å²) in [6.07, 6.45) is 1.84. The standard InChI is InChI=1S/C21H14N2/c1-2-7-15-14(6-1)11-12-17-16-8-5-9-18(21(16)23-20(15)17)19-10-3-4-13-22-19/h1-13,23H. The Hall–Kier alpha value is -3.13. The molecule has 108 valence electrons. The lowest BCUT2D eigenvalue weighted by molar-refractivity contribution is 1.33. The average molecular weight is 294 g/mol. The number of hydrogen-bond acceptors (Lipinski definition) is 1. The highest BCUT2D eigenvalue weighted by molar-refractivity contribution is 6.19. The van der Waals surface area contributed by atoms with Crippen LogP contribution in [0, 0.1) is 0 Å². The molecule has 3 aromatic carbocycles. The highest BCUT2D eigenvalue weighted by Gasteiger charge is 2.11. The van der Waals surface area contributed by atoms with Crippen molar-refractivity contribution < 1.29 is 0 Å². The number of fused-ring (bicyclic) bond motifs is 5.